The molecule has 0 spiro atoms. The average Bonchev–Trinajstić information content (AvgIpc) is 3.32. The van der Waals surface area contributed by atoms with Gasteiger partial charge in [-0.1, -0.05) is 48.0 Å². The van der Waals surface area contributed by atoms with Gasteiger partial charge < -0.3 is 9.15 Å². The summed E-state index contributed by atoms with van der Waals surface area (Å²) in [6, 6.07) is 25.1. The second kappa shape index (κ2) is 10.3. The fraction of sp³-hybridized carbons (Fsp3) is 0.0370. The number of aromatic nitrogens is 2. The first-order chi connectivity index (χ1) is 17.6. The van der Waals surface area contributed by atoms with E-state index in [0.717, 1.165) is 11.1 Å². The summed E-state index contributed by atoms with van der Waals surface area (Å²) >= 11 is 5.85. The van der Waals surface area contributed by atoms with Gasteiger partial charge in [-0.2, -0.15) is 10.2 Å². The van der Waals surface area contributed by atoms with Gasteiger partial charge in [-0.25, -0.2) is 14.9 Å². The van der Waals surface area contributed by atoms with Gasteiger partial charge in [0.2, 0.25) is 0 Å². The van der Waals surface area contributed by atoms with Crippen LogP contribution in [0.25, 0.3) is 27.9 Å². The van der Waals surface area contributed by atoms with Gasteiger partial charge in [0.1, 0.15) is 17.0 Å². The minimum absolute atomic E-state index is 0.233. The van der Waals surface area contributed by atoms with E-state index in [1.165, 1.54) is 6.21 Å². The van der Waals surface area contributed by atoms with E-state index in [-0.39, 0.29) is 12.2 Å². The number of carbonyl (C=O) groups excluding carboxylic acids is 1. The first-order valence-corrected chi connectivity index (χ1v) is 11.3. The molecule has 2 aromatic heterocycles. The zero-order chi connectivity index (χ0) is 24.9. The first kappa shape index (κ1) is 23.1. The van der Waals surface area contributed by atoms with Crippen LogP contribution in [-0.2, 0) is 4.79 Å². The number of para-hydroxylation sites is 2. The van der Waals surface area contributed by atoms with Crippen LogP contribution in [-0.4, -0.2) is 28.5 Å². The maximum absolute atomic E-state index is 12.8. The lowest BCUT2D eigenvalue weighted by molar-refractivity contribution is -0.123. The normalized spacial score (nSPS) is 11.1. The molecular formula is C27H19ClN4O4. The number of amides is 1. The maximum Gasteiger partial charge on any atom is 0.345 e. The van der Waals surface area contributed by atoms with E-state index < -0.39 is 11.5 Å². The maximum atomic E-state index is 12.8. The van der Waals surface area contributed by atoms with E-state index in [2.05, 4.69) is 15.6 Å². The van der Waals surface area contributed by atoms with Gasteiger partial charge in [0.25, 0.3) is 5.91 Å². The van der Waals surface area contributed by atoms with Gasteiger partial charge in [-0.15, -0.1) is 0 Å². The molecule has 1 N–H and O–H groups in total. The second-order valence-electron chi connectivity index (χ2n) is 7.73. The largest absolute Gasteiger partial charge is 0.484 e. The number of nitrogens with zero attached hydrogens (tertiary/aromatic N) is 3. The number of fused-ring (bicyclic) bond motifs is 1. The van der Waals surface area contributed by atoms with E-state index in [1.54, 1.807) is 53.3 Å². The summed E-state index contributed by atoms with van der Waals surface area (Å²) in [5.74, 6) is 0.0522. The smallest absolute Gasteiger partial charge is 0.345 e. The van der Waals surface area contributed by atoms with Gasteiger partial charge in [-0.3, -0.25) is 4.79 Å². The molecule has 0 bridgehead atoms. The monoisotopic (exact) mass is 498 g/mol. The van der Waals surface area contributed by atoms with E-state index in [0.29, 0.717) is 27.6 Å². The average molecular weight is 499 g/mol. The molecule has 36 heavy (non-hydrogen) atoms. The molecule has 0 fully saturated rings. The highest BCUT2D eigenvalue weighted by Crippen LogP contribution is 2.23. The number of hydrazone groups is 1. The highest BCUT2D eigenvalue weighted by Gasteiger charge is 2.16. The Morgan fingerprint density at radius 1 is 1.06 bits per heavy atom. The Labute approximate surface area is 210 Å². The molecule has 3 aromatic carbocycles. The Morgan fingerprint density at radius 2 is 1.81 bits per heavy atom. The molecule has 2 heterocycles. The molecule has 0 aliphatic rings. The van der Waals surface area contributed by atoms with Gasteiger partial charge in [0.15, 0.2) is 6.61 Å². The molecule has 0 radical (unpaired) electrons. The van der Waals surface area contributed by atoms with Crippen LogP contribution in [0.1, 0.15) is 5.56 Å². The summed E-state index contributed by atoms with van der Waals surface area (Å²) in [6.07, 6.45) is 3.15. The molecule has 1 amide bonds. The highest BCUT2D eigenvalue weighted by molar-refractivity contribution is 6.30. The molecule has 0 saturated carbocycles. The van der Waals surface area contributed by atoms with Crippen LogP contribution in [0, 0.1) is 0 Å². The summed E-state index contributed by atoms with van der Waals surface area (Å²) in [5.41, 5.74) is 4.34. The van der Waals surface area contributed by atoms with Gasteiger partial charge in [-0.05, 0) is 48.5 Å². The molecule has 8 nitrogen and oxygen atoms in total. The number of ether oxygens (including phenoxy) is 1. The van der Waals surface area contributed by atoms with Crippen molar-refractivity contribution in [3.05, 3.63) is 112 Å². The summed E-state index contributed by atoms with van der Waals surface area (Å²) in [4.78, 5) is 25.0. The molecule has 0 aliphatic heterocycles. The molecule has 0 aliphatic carbocycles. The molecule has 178 valence electrons. The van der Waals surface area contributed by atoms with Gasteiger partial charge in [0, 0.05) is 22.2 Å². The number of hydrogen-bond donors (Lipinski definition) is 1. The SMILES string of the molecule is O=C(COc1ccc(Cl)cc1)N/N=C\c1cn(-c2ccccc2)nc1-c1cc2ccccc2oc1=O. The molecule has 5 rings (SSSR count). The van der Waals surface area contributed by atoms with E-state index >= 15 is 0 Å². The van der Waals surface area contributed by atoms with Crippen molar-refractivity contribution in [2.45, 2.75) is 0 Å². The molecule has 0 unspecified atom stereocenters. The van der Waals surface area contributed by atoms with Crippen LogP contribution in [0.3, 0.4) is 0 Å². The number of nitrogens with one attached hydrogen (secondary N) is 1. The van der Waals surface area contributed by atoms with Gasteiger partial charge >= 0.3 is 5.63 Å². The summed E-state index contributed by atoms with van der Waals surface area (Å²) in [5, 5.41) is 9.99. The van der Waals surface area contributed by atoms with Crippen LogP contribution in [0.5, 0.6) is 5.75 Å². The lowest BCUT2D eigenvalue weighted by Crippen LogP contribution is -2.24. The fourth-order valence-corrected chi connectivity index (χ4v) is 3.64. The van der Waals surface area contributed by atoms with E-state index in [9.17, 15) is 9.59 Å². The zero-order valence-corrected chi connectivity index (χ0v) is 19.6. The van der Waals surface area contributed by atoms with Crippen molar-refractivity contribution in [3.8, 4) is 22.7 Å². The number of benzene rings is 3. The molecule has 9 heteroatoms. The van der Waals surface area contributed by atoms with Gasteiger partial charge in [0.05, 0.1) is 17.5 Å². The Balaban J connectivity index is 1.41. The predicted octanol–water partition coefficient (Wildman–Crippen LogP) is 4.83. The van der Waals surface area contributed by atoms with Crippen LogP contribution in [0.4, 0.5) is 0 Å². The van der Waals surface area contributed by atoms with Crippen LogP contribution < -0.4 is 15.8 Å². The molecule has 0 atom stereocenters. The summed E-state index contributed by atoms with van der Waals surface area (Å²) < 4.78 is 12.6. The van der Waals surface area contributed by atoms with Crippen molar-refractivity contribution >= 4 is 34.7 Å². The number of hydrogen-bond acceptors (Lipinski definition) is 6. The Bertz CT molecular complexity index is 1610. The standard InChI is InChI=1S/C27H19ClN4O4/c28-20-10-12-22(13-11-20)35-17-25(33)30-29-15-19-16-32(21-7-2-1-3-8-21)31-26(19)23-14-18-6-4-5-9-24(18)36-27(23)34/h1-16H,17H2,(H,30,33)/b29-15-. The quantitative estimate of drug-likeness (QED) is 0.197. The minimum atomic E-state index is -0.526. The Morgan fingerprint density at radius 3 is 2.61 bits per heavy atom. The zero-order valence-electron chi connectivity index (χ0n) is 18.8. The van der Waals surface area contributed by atoms with Crippen molar-refractivity contribution < 1.29 is 13.9 Å². The lowest BCUT2D eigenvalue weighted by Gasteiger charge is -2.04. The van der Waals surface area contributed by atoms with Crippen molar-refractivity contribution in [2.75, 3.05) is 6.61 Å². The molecular weight excluding hydrogens is 480 g/mol. The number of rotatable bonds is 7. The third kappa shape index (κ3) is 5.18. The predicted molar refractivity (Wildman–Crippen MR) is 138 cm³/mol. The van der Waals surface area contributed by atoms with Crippen molar-refractivity contribution in [3.63, 3.8) is 0 Å². The van der Waals surface area contributed by atoms with Crippen molar-refractivity contribution in [1.29, 1.82) is 0 Å². The van der Waals surface area contributed by atoms with Crippen LogP contribution in [0.15, 0.2) is 105 Å². The number of carbonyl (C=O) groups is 1. The third-order valence-electron chi connectivity index (χ3n) is 5.24. The van der Waals surface area contributed by atoms with Crippen LogP contribution in [0.2, 0.25) is 5.02 Å². The van der Waals surface area contributed by atoms with Crippen molar-refractivity contribution in [2.24, 2.45) is 5.10 Å². The molecule has 0 saturated heterocycles. The minimum Gasteiger partial charge on any atom is -0.484 e. The topological polar surface area (TPSA) is 98.7 Å². The molecule has 5 aromatic rings. The Hall–Kier alpha value is -4.69. The van der Waals surface area contributed by atoms with Crippen molar-refractivity contribution in [1.82, 2.24) is 15.2 Å². The Kier molecular flexibility index (Phi) is 6.59. The summed E-state index contributed by atoms with van der Waals surface area (Å²) in [6.45, 7) is -0.233. The highest BCUT2D eigenvalue weighted by atomic mass is 35.5. The van der Waals surface area contributed by atoms with E-state index in [4.69, 9.17) is 20.8 Å². The first-order valence-electron chi connectivity index (χ1n) is 11.0. The van der Waals surface area contributed by atoms with E-state index in [1.807, 2.05) is 42.5 Å². The fourth-order valence-electron chi connectivity index (χ4n) is 3.52. The second-order valence-corrected chi connectivity index (χ2v) is 8.17. The van der Waals surface area contributed by atoms with Crippen LogP contribution >= 0.6 is 11.6 Å². The lowest BCUT2D eigenvalue weighted by atomic mass is 10.1. The summed E-state index contributed by atoms with van der Waals surface area (Å²) in [7, 11) is 0. The number of halogens is 1. The third-order valence-corrected chi connectivity index (χ3v) is 5.49.